The monoisotopic (exact) mass is 307 g/mol. The van der Waals surface area contributed by atoms with Gasteiger partial charge in [0, 0.05) is 29.5 Å². The van der Waals surface area contributed by atoms with Gasteiger partial charge < -0.3 is 10.2 Å². The number of hydrogen-bond acceptors (Lipinski definition) is 3. The normalized spacial score (nSPS) is 10.2. The molecule has 0 unspecified atom stereocenters. The highest BCUT2D eigenvalue weighted by Gasteiger charge is 2.09. The van der Waals surface area contributed by atoms with Crippen LogP contribution in [0, 0.1) is 11.3 Å². The zero-order valence-electron chi connectivity index (χ0n) is 13.7. The predicted molar refractivity (Wildman–Crippen MR) is 93.7 cm³/mol. The van der Waals surface area contributed by atoms with E-state index in [-0.39, 0.29) is 5.91 Å². The van der Waals surface area contributed by atoms with Gasteiger partial charge in [-0.3, -0.25) is 4.79 Å². The fourth-order valence-electron chi connectivity index (χ4n) is 2.48. The molecule has 0 saturated carbocycles. The molecule has 0 bridgehead atoms. The van der Waals surface area contributed by atoms with E-state index in [1.165, 1.54) is 0 Å². The maximum Gasteiger partial charge on any atom is 0.255 e. The molecule has 1 N–H and O–H groups in total. The van der Waals surface area contributed by atoms with Gasteiger partial charge in [-0.25, -0.2) is 0 Å². The molecule has 0 aromatic heterocycles. The quantitative estimate of drug-likeness (QED) is 0.906. The Bertz CT molecular complexity index is 697. The minimum atomic E-state index is -0.182. The Balaban J connectivity index is 2.08. The van der Waals surface area contributed by atoms with Crippen LogP contribution in [0.1, 0.15) is 36.7 Å². The minimum Gasteiger partial charge on any atom is -0.369 e. The van der Waals surface area contributed by atoms with Crippen molar-refractivity contribution in [3.05, 3.63) is 59.7 Å². The molecule has 4 heteroatoms. The van der Waals surface area contributed by atoms with E-state index in [2.05, 4.69) is 31.0 Å². The van der Waals surface area contributed by atoms with Gasteiger partial charge in [0.1, 0.15) is 0 Å². The number of rotatable bonds is 5. The molecule has 0 aliphatic heterocycles. The first-order valence-electron chi connectivity index (χ1n) is 7.73. The molecule has 0 spiro atoms. The summed E-state index contributed by atoms with van der Waals surface area (Å²) in [5.74, 6) is -0.182. The highest BCUT2D eigenvalue weighted by molar-refractivity contribution is 6.04. The van der Waals surface area contributed by atoms with Crippen LogP contribution in [0.25, 0.3) is 0 Å². The molecule has 0 atom stereocenters. The fourth-order valence-corrected chi connectivity index (χ4v) is 2.48. The van der Waals surface area contributed by atoms with Crippen molar-refractivity contribution >= 4 is 17.3 Å². The van der Waals surface area contributed by atoms with E-state index in [0.717, 1.165) is 17.9 Å². The summed E-state index contributed by atoms with van der Waals surface area (Å²) in [7, 11) is 0. The van der Waals surface area contributed by atoms with E-state index >= 15 is 0 Å². The minimum absolute atomic E-state index is 0.182. The zero-order valence-corrected chi connectivity index (χ0v) is 13.7. The summed E-state index contributed by atoms with van der Waals surface area (Å²) in [5.41, 5.74) is 2.96. The lowest BCUT2D eigenvalue weighted by Crippen LogP contribution is -2.30. The van der Waals surface area contributed by atoms with Gasteiger partial charge in [-0.2, -0.15) is 5.26 Å². The summed E-state index contributed by atoms with van der Waals surface area (Å²) in [6, 6.07) is 16.9. The molecule has 0 heterocycles. The lowest BCUT2D eigenvalue weighted by atomic mass is 10.1. The molecular formula is C19H21N3O. The van der Waals surface area contributed by atoms with Crippen LogP contribution in [-0.4, -0.2) is 18.5 Å². The molecule has 2 aromatic carbocycles. The van der Waals surface area contributed by atoms with Gasteiger partial charge in [0.25, 0.3) is 5.91 Å². The summed E-state index contributed by atoms with van der Waals surface area (Å²) in [5, 5.41) is 11.6. The highest BCUT2D eigenvalue weighted by atomic mass is 16.1. The molecule has 0 aliphatic rings. The molecule has 0 saturated heterocycles. The van der Waals surface area contributed by atoms with Gasteiger partial charge in [0.15, 0.2) is 0 Å². The van der Waals surface area contributed by atoms with E-state index in [1.807, 2.05) is 30.3 Å². The number of hydrogen-bond donors (Lipinski definition) is 1. The zero-order chi connectivity index (χ0) is 16.8. The number of amides is 1. The maximum atomic E-state index is 12.2. The smallest absolute Gasteiger partial charge is 0.255 e. The average molecular weight is 307 g/mol. The van der Waals surface area contributed by atoms with Crippen LogP contribution < -0.4 is 10.2 Å². The average Bonchev–Trinajstić information content (AvgIpc) is 2.56. The van der Waals surface area contributed by atoms with E-state index in [0.29, 0.717) is 17.2 Å². The lowest BCUT2D eigenvalue weighted by Gasteiger charge is -2.27. The number of benzene rings is 2. The number of anilines is 2. The number of carbonyl (C=O) groups excluding carboxylic acids is 1. The van der Waals surface area contributed by atoms with Gasteiger partial charge in [0.2, 0.25) is 0 Å². The molecule has 0 radical (unpaired) electrons. The Hall–Kier alpha value is -2.80. The van der Waals surface area contributed by atoms with Gasteiger partial charge >= 0.3 is 0 Å². The third kappa shape index (κ3) is 4.10. The first-order valence-corrected chi connectivity index (χ1v) is 7.73. The van der Waals surface area contributed by atoms with Crippen molar-refractivity contribution in [2.24, 2.45) is 0 Å². The standard InChI is InChI=1S/C19H21N3O/c1-4-22(14(2)3)18-11-9-17(10-12-18)21-19(23)16-7-5-15(13-20)6-8-16/h5-12,14H,4H2,1-3H3,(H,21,23). The van der Waals surface area contributed by atoms with Crippen LogP contribution in [-0.2, 0) is 0 Å². The van der Waals surface area contributed by atoms with Crippen LogP contribution in [0.3, 0.4) is 0 Å². The van der Waals surface area contributed by atoms with E-state index in [4.69, 9.17) is 5.26 Å². The van der Waals surface area contributed by atoms with Crippen molar-refractivity contribution in [3.8, 4) is 6.07 Å². The molecule has 0 aliphatic carbocycles. The summed E-state index contributed by atoms with van der Waals surface area (Å²) >= 11 is 0. The van der Waals surface area contributed by atoms with Crippen LogP contribution >= 0.6 is 0 Å². The fraction of sp³-hybridized carbons (Fsp3) is 0.263. The third-order valence-corrected chi connectivity index (χ3v) is 3.70. The first-order chi connectivity index (χ1) is 11.0. The Labute approximate surface area is 137 Å². The Kier molecular flexibility index (Phi) is 5.37. The molecule has 23 heavy (non-hydrogen) atoms. The Morgan fingerprint density at radius 2 is 1.74 bits per heavy atom. The number of nitrogens with one attached hydrogen (secondary N) is 1. The van der Waals surface area contributed by atoms with Crippen molar-refractivity contribution < 1.29 is 4.79 Å². The van der Waals surface area contributed by atoms with Gasteiger partial charge in [-0.05, 0) is 69.3 Å². The summed E-state index contributed by atoms with van der Waals surface area (Å²) in [6.45, 7) is 7.38. The summed E-state index contributed by atoms with van der Waals surface area (Å²) in [4.78, 5) is 14.5. The van der Waals surface area contributed by atoms with Gasteiger partial charge in [0.05, 0.1) is 11.6 Å². The second-order valence-corrected chi connectivity index (χ2v) is 5.57. The van der Waals surface area contributed by atoms with Gasteiger partial charge in [-0.15, -0.1) is 0 Å². The number of nitrogens with zero attached hydrogens (tertiary/aromatic N) is 2. The largest absolute Gasteiger partial charge is 0.369 e. The van der Waals surface area contributed by atoms with Gasteiger partial charge in [-0.1, -0.05) is 0 Å². The van der Waals surface area contributed by atoms with Crippen molar-refractivity contribution in [2.75, 3.05) is 16.8 Å². The van der Waals surface area contributed by atoms with Crippen molar-refractivity contribution in [2.45, 2.75) is 26.8 Å². The molecule has 2 aromatic rings. The molecule has 118 valence electrons. The van der Waals surface area contributed by atoms with Crippen LogP contribution in [0.4, 0.5) is 11.4 Å². The molecular weight excluding hydrogens is 286 g/mol. The van der Waals surface area contributed by atoms with E-state index in [9.17, 15) is 4.79 Å². The van der Waals surface area contributed by atoms with Crippen LogP contribution in [0.5, 0.6) is 0 Å². The summed E-state index contributed by atoms with van der Waals surface area (Å²) in [6.07, 6.45) is 0. The highest BCUT2D eigenvalue weighted by Crippen LogP contribution is 2.20. The number of nitriles is 1. The SMILES string of the molecule is CCN(c1ccc(NC(=O)c2ccc(C#N)cc2)cc1)C(C)C. The molecule has 4 nitrogen and oxygen atoms in total. The molecule has 0 fully saturated rings. The predicted octanol–water partition coefficient (Wildman–Crippen LogP) is 4.05. The van der Waals surface area contributed by atoms with E-state index in [1.54, 1.807) is 24.3 Å². The number of carbonyl (C=O) groups is 1. The van der Waals surface area contributed by atoms with Crippen LogP contribution in [0.2, 0.25) is 0 Å². The lowest BCUT2D eigenvalue weighted by molar-refractivity contribution is 0.102. The maximum absolute atomic E-state index is 12.2. The second-order valence-electron chi connectivity index (χ2n) is 5.57. The van der Waals surface area contributed by atoms with Crippen LogP contribution in [0.15, 0.2) is 48.5 Å². The molecule has 1 amide bonds. The third-order valence-electron chi connectivity index (χ3n) is 3.70. The van der Waals surface area contributed by atoms with E-state index < -0.39 is 0 Å². The Morgan fingerprint density at radius 3 is 2.22 bits per heavy atom. The van der Waals surface area contributed by atoms with Crippen molar-refractivity contribution in [3.63, 3.8) is 0 Å². The van der Waals surface area contributed by atoms with Crippen molar-refractivity contribution in [1.82, 2.24) is 0 Å². The Morgan fingerprint density at radius 1 is 1.13 bits per heavy atom. The topological polar surface area (TPSA) is 56.1 Å². The van der Waals surface area contributed by atoms with Crippen molar-refractivity contribution in [1.29, 1.82) is 5.26 Å². The second kappa shape index (κ2) is 7.46. The summed E-state index contributed by atoms with van der Waals surface area (Å²) < 4.78 is 0. The molecule has 2 rings (SSSR count). The first kappa shape index (κ1) is 16.6.